The third-order valence-electron chi connectivity index (χ3n) is 3.45. The van der Waals surface area contributed by atoms with Crippen LogP contribution in [0.15, 0.2) is 0 Å². The minimum Gasteiger partial charge on any atom is -0.396 e. The smallest absolute Gasteiger partial charge is 0.0860 e. The van der Waals surface area contributed by atoms with Crippen LogP contribution in [0.4, 0.5) is 0 Å². The second-order valence-electron chi connectivity index (χ2n) is 4.73. The molecule has 5 heteroatoms. The van der Waals surface area contributed by atoms with Crippen LogP contribution in [0.5, 0.6) is 0 Å². The summed E-state index contributed by atoms with van der Waals surface area (Å²) in [6.07, 6.45) is 1.08. The van der Waals surface area contributed by atoms with Gasteiger partial charge in [0.1, 0.15) is 0 Å². The van der Waals surface area contributed by atoms with Crippen molar-refractivity contribution < 1.29 is 5.11 Å². The van der Waals surface area contributed by atoms with Crippen molar-refractivity contribution in [1.29, 1.82) is 0 Å². The SMILES string of the molecule is CCn1nc(C)c(Cl)c1CN1CCC(CO)C1. The van der Waals surface area contributed by atoms with Crippen molar-refractivity contribution in [1.82, 2.24) is 14.7 Å². The van der Waals surface area contributed by atoms with Crippen molar-refractivity contribution in [2.24, 2.45) is 5.92 Å². The summed E-state index contributed by atoms with van der Waals surface area (Å²) < 4.78 is 1.98. The standard InChI is InChI=1S/C12H20ClN3O/c1-3-16-11(12(13)9(2)14-16)7-15-5-4-10(6-15)8-17/h10,17H,3-8H2,1-2H3. The highest BCUT2D eigenvalue weighted by atomic mass is 35.5. The van der Waals surface area contributed by atoms with Gasteiger partial charge in [0.2, 0.25) is 0 Å². The van der Waals surface area contributed by atoms with Crippen LogP contribution in [-0.2, 0) is 13.1 Å². The van der Waals surface area contributed by atoms with E-state index in [0.29, 0.717) is 5.92 Å². The molecule has 17 heavy (non-hydrogen) atoms. The van der Waals surface area contributed by atoms with E-state index in [1.165, 1.54) is 0 Å². The molecule has 0 amide bonds. The second kappa shape index (κ2) is 5.38. The highest BCUT2D eigenvalue weighted by molar-refractivity contribution is 6.31. The molecule has 0 saturated carbocycles. The number of halogens is 1. The average Bonchev–Trinajstić information content (AvgIpc) is 2.89. The molecule has 1 aliphatic rings. The first-order chi connectivity index (χ1) is 8.15. The first kappa shape index (κ1) is 12.9. The molecular formula is C12H20ClN3O. The highest BCUT2D eigenvalue weighted by Gasteiger charge is 2.24. The van der Waals surface area contributed by atoms with Gasteiger partial charge < -0.3 is 5.11 Å². The predicted molar refractivity (Wildman–Crippen MR) is 68.1 cm³/mol. The summed E-state index contributed by atoms with van der Waals surface area (Å²) in [5.41, 5.74) is 2.01. The largest absolute Gasteiger partial charge is 0.396 e. The van der Waals surface area contributed by atoms with Crippen LogP contribution < -0.4 is 0 Å². The topological polar surface area (TPSA) is 41.3 Å². The Bertz CT molecular complexity index is 391. The molecule has 1 saturated heterocycles. The molecule has 2 rings (SSSR count). The van der Waals surface area contributed by atoms with Crippen molar-refractivity contribution in [3.05, 3.63) is 16.4 Å². The maximum absolute atomic E-state index is 9.14. The predicted octanol–water partition coefficient (Wildman–Crippen LogP) is 1.68. The molecule has 0 spiro atoms. The Balaban J connectivity index is 2.08. The number of aryl methyl sites for hydroxylation is 2. The summed E-state index contributed by atoms with van der Waals surface area (Å²) in [4.78, 5) is 2.34. The maximum Gasteiger partial charge on any atom is 0.0860 e. The molecule has 1 aliphatic heterocycles. The van der Waals surface area contributed by atoms with Gasteiger partial charge in [-0.2, -0.15) is 5.10 Å². The molecule has 0 bridgehead atoms. The van der Waals surface area contributed by atoms with Crippen LogP contribution in [0.25, 0.3) is 0 Å². The lowest BCUT2D eigenvalue weighted by Crippen LogP contribution is -2.23. The minimum absolute atomic E-state index is 0.288. The maximum atomic E-state index is 9.14. The molecule has 1 fully saturated rings. The van der Waals surface area contributed by atoms with E-state index in [9.17, 15) is 0 Å². The van der Waals surface area contributed by atoms with E-state index in [0.717, 1.165) is 49.0 Å². The molecule has 1 N–H and O–H groups in total. The normalized spacial score (nSPS) is 21.3. The first-order valence-electron chi connectivity index (χ1n) is 6.20. The van der Waals surface area contributed by atoms with Gasteiger partial charge in [-0.3, -0.25) is 9.58 Å². The number of rotatable bonds is 4. The zero-order valence-electron chi connectivity index (χ0n) is 10.5. The summed E-state index contributed by atoms with van der Waals surface area (Å²) in [5, 5.41) is 14.3. The molecule has 1 aromatic heterocycles. The lowest BCUT2D eigenvalue weighted by Gasteiger charge is -2.16. The van der Waals surface area contributed by atoms with Crippen molar-refractivity contribution in [3.63, 3.8) is 0 Å². The lowest BCUT2D eigenvalue weighted by atomic mass is 10.1. The quantitative estimate of drug-likeness (QED) is 0.892. The number of nitrogens with zero attached hydrogens (tertiary/aromatic N) is 3. The molecular weight excluding hydrogens is 238 g/mol. The van der Waals surface area contributed by atoms with Crippen LogP contribution in [0.1, 0.15) is 24.7 Å². The van der Waals surface area contributed by atoms with Crippen LogP contribution in [-0.4, -0.2) is 39.5 Å². The van der Waals surface area contributed by atoms with Crippen LogP contribution in [0, 0.1) is 12.8 Å². The average molecular weight is 258 g/mol. The molecule has 1 aromatic rings. The minimum atomic E-state index is 0.288. The Hall–Kier alpha value is -0.580. The zero-order valence-corrected chi connectivity index (χ0v) is 11.2. The van der Waals surface area contributed by atoms with Crippen LogP contribution in [0.3, 0.4) is 0 Å². The van der Waals surface area contributed by atoms with E-state index in [4.69, 9.17) is 16.7 Å². The van der Waals surface area contributed by atoms with E-state index in [2.05, 4.69) is 16.9 Å². The van der Waals surface area contributed by atoms with Gasteiger partial charge >= 0.3 is 0 Å². The summed E-state index contributed by atoms with van der Waals surface area (Å²) >= 11 is 6.28. The third kappa shape index (κ3) is 2.64. The van der Waals surface area contributed by atoms with E-state index >= 15 is 0 Å². The van der Waals surface area contributed by atoms with Crippen molar-refractivity contribution in [2.75, 3.05) is 19.7 Å². The second-order valence-corrected chi connectivity index (χ2v) is 5.11. The van der Waals surface area contributed by atoms with Gasteiger partial charge in [-0.25, -0.2) is 0 Å². The molecule has 0 aliphatic carbocycles. The van der Waals surface area contributed by atoms with E-state index in [1.807, 2.05) is 11.6 Å². The third-order valence-corrected chi connectivity index (χ3v) is 3.95. The Morgan fingerprint density at radius 1 is 1.53 bits per heavy atom. The van der Waals surface area contributed by atoms with Crippen LogP contribution >= 0.6 is 11.6 Å². The van der Waals surface area contributed by atoms with Gasteiger partial charge in [0.25, 0.3) is 0 Å². The van der Waals surface area contributed by atoms with Gasteiger partial charge in [0.05, 0.1) is 16.4 Å². The summed E-state index contributed by atoms with van der Waals surface area (Å²) in [6.45, 7) is 7.99. The summed E-state index contributed by atoms with van der Waals surface area (Å²) in [5.74, 6) is 0.424. The number of aromatic nitrogens is 2. The monoisotopic (exact) mass is 257 g/mol. The van der Waals surface area contributed by atoms with E-state index < -0.39 is 0 Å². The fourth-order valence-corrected chi connectivity index (χ4v) is 2.63. The molecule has 0 aromatic carbocycles. The van der Waals surface area contributed by atoms with Gasteiger partial charge in [0.15, 0.2) is 0 Å². The Kier molecular flexibility index (Phi) is 4.07. The fraction of sp³-hybridized carbons (Fsp3) is 0.750. The Morgan fingerprint density at radius 3 is 2.88 bits per heavy atom. The van der Waals surface area contributed by atoms with Gasteiger partial charge in [0, 0.05) is 26.2 Å². The number of hydrogen-bond donors (Lipinski definition) is 1. The van der Waals surface area contributed by atoms with E-state index in [-0.39, 0.29) is 6.61 Å². The molecule has 4 nitrogen and oxygen atoms in total. The van der Waals surface area contributed by atoms with Gasteiger partial charge in [-0.05, 0) is 32.7 Å². The number of aliphatic hydroxyl groups excluding tert-OH is 1. The number of likely N-dealkylation sites (tertiary alicyclic amines) is 1. The highest BCUT2D eigenvalue weighted by Crippen LogP contribution is 2.24. The first-order valence-corrected chi connectivity index (χ1v) is 6.58. The van der Waals surface area contributed by atoms with E-state index in [1.54, 1.807) is 0 Å². The number of aliphatic hydroxyl groups is 1. The lowest BCUT2D eigenvalue weighted by molar-refractivity contribution is 0.219. The van der Waals surface area contributed by atoms with Crippen LogP contribution in [0.2, 0.25) is 5.02 Å². The fourth-order valence-electron chi connectivity index (χ4n) is 2.44. The van der Waals surface area contributed by atoms with Crippen molar-refractivity contribution >= 4 is 11.6 Å². The Labute approximate surface area is 107 Å². The number of hydrogen-bond acceptors (Lipinski definition) is 3. The molecule has 1 atom stereocenters. The Morgan fingerprint density at radius 2 is 2.29 bits per heavy atom. The molecule has 1 unspecified atom stereocenters. The van der Waals surface area contributed by atoms with Gasteiger partial charge in [-0.15, -0.1) is 0 Å². The summed E-state index contributed by atoms with van der Waals surface area (Å²) in [6, 6.07) is 0. The van der Waals surface area contributed by atoms with Gasteiger partial charge in [-0.1, -0.05) is 11.6 Å². The summed E-state index contributed by atoms with van der Waals surface area (Å²) in [7, 11) is 0. The van der Waals surface area contributed by atoms with Crippen molar-refractivity contribution in [3.8, 4) is 0 Å². The zero-order chi connectivity index (χ0) is 12.4. The molecule has 0 radical (unpaired) electrons. The molecule has 2 heterocycles. The van der Waals surface area contributed by atoms with Crippen molar-refractivity contribution in [2.45, 2.75) is 33.4 Å². The molecule has 96 valence electrons.